The second-order valence-electron chi connectivity index (χ2n) is 4.47. The molecular weight excluding hydrogens is 314 g/mol. The molecule has 0 aliphatic carbocycles. The molecule has 1 aromatic carbocycles. The fraction of sp³-hybridized carbons (Fsp3) is 0.462. The Morgan fingerprint density at radius 2 is 2.10 bits per heavy atom. The van der Waals surface area contributed by atoms with Crippen LogP contribution in [-0.2, 0) is 21.4 Å². The van der Waals surface area contributed by atoms with Gasteiger partial charge in [-0.3, -0.25) is 4.79 Å². The Labute approximate surface area is 130 Å². The molecule has 0 aliphatic heterocycles. The molecule has 0 fully saturated rings. The van der Waals surface area contributed by atoms with E-state index in [0.29, 0.717) is 17.0 Å². The molecule has 0 spiro atoms. The summed E-state index contributed by atoms with van der Waals surface area (Å²) in [6.07, 6.45) is 0.602. The van der Waals surface area contributed by atoms with Crippen molar-refractivity contribution in [3.05, 3.63) is 28.8 Å². The summed E-state index contributed by atoms with van der Waals surface area (Å²) < 4.78 is 26.3. The fourth-order valence-corrected chi connectivity index (χ4v) is 3.61. The molecule has 0 saturated carbocycles. The number of carbonyl (C=O) groups is 1. The number of sulfonamides is 1. The molecule has 1 amide bonds. The molecule has 0 atom stereocenters. The maximum Gasteiger partial charge on any atom is 0.243 e. The third kappa shape index (κ3) is 4.41. The minimum Gasteiger partial charge on any atom is -0.358 e. The average molecular weight is 334 g/mol. The van der Waals surface area contributed by atoms with E-state index in [2.05, 4.69) is 5.32 Å². The topological polar surface area (TPSA) is 92.5 Å². The van der Waals surface area contributed by atoms with Gasteiger partial charge in [-0.2, -0.15) is 4.31 Å². The Morgan fingerprint density at radius 1 is 1.43 bits per heavy atom. The van der Waals surface area contributed by atoms with Crippen LogP contribution in [0.5, 0.6) is 0 Å². The van der Waals surface area contributed by atoms with Crippen LogP contribution in [0.2, 0.25) is 5.02 Å². The van der Waals surface area contributed by atoms with Gasteiger partial charge in [-0.1, -0.05) is 24.6 Å². The molecule has 0 saturated heterocycles. The SMILES string of the molecule is CCCN(CC(=O)NC)S(=O)(=O)c1ccc(CN)c(Cl)c1. The van der Waals surface area contributed by atoms with E-state index in [1.54, 1.807) is 6.07 Å². The quantitative estimate of drug-likeness (QED) is 0.777. The zero-order valence-electron chi connectivity index (χ0n) is 12.1. The largest absolute Gasteiger partial charge is 0.358 e. The molecule has 118 valence electrons. The highest BCUT2D eigenvalue weighted by Crippen LogP contribution is 2.23. The van der Waals surface area contributed by atoms with Gasteiger partial charge in [0.2, 0.25) is 15.9 Å². The lowest BCUT2D eigenvalue weighted by atomic mass is 10.2. The first-order chi connectivity index (χ1) is 9.86. The number of amides is 1. The summed E-state index contributed by atoms with van der Waals surface area (Å²) in [6.45, 7) is 2.11. The van der Waals surface area contributed by atoms with Crippen LogP contribution in [0.1, 0.15) is 18.9 Å². The van der Waals surface area contributed by atoms with Gasteiger partial charge in [0, 0.05) is 25.2 Å². The third-order valence-electron chi connectivity index (χ3n) is 2.95. The van der Waals surface area contributed by atoms with E-state index in [9.17, 15) is 13.2 Å². The normalized spacial score (nSPS) is 11.7. The Balaban J connectivity index is 3.16. The molecule has 0 unspecified atom stereocenters. The first-order valence-electron chi connectivity index (χ1n) is 6.56. The lowest BCUT2D eigenvalue weighted by Crippen LogP contribution is -2.40. The summed E-state index contributed by atoms with van der Waals surface area (Å²) in [5.41, 5.74) is 6.17. The maximum atomic E-state index is 12.6. The number of nitrogens with zero attached hydrogens (tertiary/aromatic N) is 1. The van der Waals surface area contributed by atoms with Crippen molar-refractivity contribution < 1.29 is 13.2 Å². The Morgan fingerprint density at radius 3 is 2.57 bits per heavy atom. The van der Waals surface area contributed by atoms with Gasteiger partial charge in [0.15, 0.2) is 0 Å². The van der Waals surface area contributed by atoms with Crippen molar-refractivity contribution in [3.8, 4) is 0 Å². The van der Waals surface area contributed by atoms with Crippen LogP contribution in [0.15, 0.2) is 23.1 Å². The van der Waals surface area contributed by atoms with Crippen molar-refractivity contribution in [2.24, 2.45) is 5.73 Å². The van der Waals surface area contributed by atoms with Crippen molar-refractivity contribution in [2.45, 2.75) is 24.8 Å². The number of nitrogens with one attached hydrogen (secondary N) is 1. The zero-order valence-corrected chi connectivity index (χ0v) is 13.7. The van der Waals surface area contributed by atoms with Gasteiger partial charge in [-0.05, 0) is 24.1 Å². The Hall–Kier alpha value is -1.15. The fourth-order valence-electron chi connectivity index (χ4n) is 1.78. The number of benzene rings is 1. The van der Waals surface area contributed by atoms with Crippen LogP contribution in [-0.4, -0.2) is 38.8 Å². The number of halogens is 1. The molecule has 3 N–H and O–H groups in total. The van der Waals surface area contributed by atoms with Gasteiger partial charge in [0.05, 0.1) is 11.4 Å². The van der Waals surface area contributed by atoms with Gasteiger partial charge in [-0.25, -0.2) is 8.42 Å². The lowest BCUT2D eigenvalue weighted by molar-refractivity contribution is -0.120. The number of hydrogen-bond acceptors (Lipinski definition) is 4. The van der Waals surface area contributed by atoms with Crippen LogP contribution in [0, 0.1) is 0 Å². The van der Waals surface area contributed by atoms with Crippen molar-refractivity contribution >= 4 is 27.5 Å². The third-order valence-corrected chi connectivity index (χ3v) is 5.15. The predicted octanol–water partition coefficient (Wildman–Crippen LogP) is 0.945. The second kappa shape index (κ2) is 7.74. The molecule has 0 radical (unpaired) electrons. The summed E-state index contributed by atoms with van der Waals surface area (Å²) in [5.74, 6) is -0.364. The zero-order chi connectivity index (χ0) is 16.0. The van der Waals surface area contributed by atoms with Crippen LogP contribution in [0.25, 0.3) is 0 Å². The summed E-state index contributed by atoms with van der Waals surface area (Å²) >= 11 is 6.01. The highest BCUT2D eigenvalue weighted by atomic mass is 35.5. The Kier molecular flexibility index (Phi) is 6.60. The van der Waals surface area contributed by atoms with E-state index >= 15 is 0 Å². The Bertz CT molecular complexity index is 605. The molecule has 0 aliphatic rings. The van der Waals surface area contributed by atoms with Crippen LogP contribution >= 0.6 is 11.6 Å². The molecule has 0 bridgehead atoms. The van der Waals surface area contributed by atoms with Gasteiger partial charge >= 0.3 is 0 Å². The molecule has 1 rings (SSSR count). The predicted molar refractivity (Wildman–Crippen MR) is 82.5 cm³/mol. The number of carbonyl (C=O) groups excluding carboxylic acids is 1. The molecule has 0 aromatic heterocycles. The molecule has 1 aromatic rings. The highest BCUT2D eigenvalue weighted by molar-refractivity contribution is 7.89. The monoisotopic (exact) mass is 333 g/mol. The standard InChI is InChI=1S/C13H20ClN3O3S/c1-3-6-17(9-13(18)16-2)21(19,20)11-5-4-10(8-15)12(14)7-11/h4-5,7H,3,6,8-9,15H2,1-2H3,(H,16,18). The van der Waals surface area contributed by atoms with E-state index in [4.69, 9.17) is 17.3 Å². The lowest BCUT2D eigenvalue weighted by Gasteiger charge is -2.21. The van der Waals surface area contributed by atoms with Crippen molar-refractivity contribution in [3.63, 3.8) is 0 Å². The van der Waals surface area contributed by atoms with E-state index in [1.807, 2.05) is 6.92 Å². The smallest absolute Gasteiger partial charge is 0.243 e. The van der Waals surface area contributed by atoms with Crippen LogP contribution in [0.3, 0.4) is 0 Å². The summed E-state index contributed by atoms with van der Waals surface area (Å²) in [5, 5.41) is 2.72. The van der Waals surface area contributed by atoms with Crippen LogP contribution < -0.4 is 11.1 Å². The minimum atomic E-state index is -3.77. The summed E-state index contributed by atoms with van der Waals surface area (Å²) in [7, 11) is -2.30. The number of rotatable bonds is 7. The molecule has 6 nitrogen and oxygen atoms in total. The van der Waals surface area contributed by atoms with Crippen molar-refractivity contribution in [2.75, 3.05) is 20.1 Å². The number of likely N-dealkylation sites (N-methyl/N-ethyl adjacent to an activating group) is 1. The summed E-state index contributed by atoms with van der Waals surface area (Å²) in [4.78, 5) is 11.5. The number of nitrogens with two attached hydrogens (primary N) is 1. The molecule has 21 heavy (non-hydrogen) atoms. The van der Waals surface area contributed by atoms with E-state index in [0.717, 1.165) is 4.31 Å². The molecular formula is C13H20ClN3O3S. The van der Waals surface area contributed by atoms with E-state index in [1.165, 1.54) is 19.2 Å². The number of hydrogen-bond donors (Lipinski definition) is 2. The first kappa shape index (κ1) is 17.9. The summed E-state index contributed by atoms with van der Waals surface area (Å²) in [6, 6.07) is 4.40. The molecule has 8 heteroatoms. The first-order valence-corrected chi connectivity index (χ1v) is 8.37. The minimum absolute atomic E-state index is 0.0575. The van der Waals surface area contributed by atoms with Gasteiger partial charge in [-0.15, -0.1) is 0 Å². The average Bonchev–Trinajstić information content (AvgIpc) is 2.46. The van der Waals surface area contributed by atoms with Gasteiger partial charge in [0.25, 0.3) is 0 Å². The van der Waals surface area contributed by atoms with E-state index in [-0.39, 0.29) is 30.4 Å². The maximum absolute atomic E-state index is 12.6. The second-order valence-corrected chi connectivity index (χ2v) is 6.81. The van der Waals surface area contributed by atoms with Crippen molar-refractivity contribution in [1.29, 1.82) is 0 Å². The van der Waals surface area contributed by atoms with Crippen molar-refractivity contribution in [1.82, 2.24) is 9.62 Å². The molecule has 0 heterocycles. The van der Waals surface area contributed by atoms with E-state index < -0.39 is 10.0 Å². The van der Waals surface area contributed by atoms with Crippen LogP contribution in [0.4, 0.5) is 0 Å². The van der Waals surface area contributed by atoms with Gasteiger partial charge < -0.3 is 11.1 Å². The highest BCUT2D eigenvalue weighted by Gasteiger charge is 2.26. The van der Waals surface area contributed by atoms with Gasteiger partial charge in [0.1, 0.15) is 0 Å².